The van der Waals surface area contributed by atoms with Crippen molar-refractivity contribution in [1.82, 2.24) is 9.78 Å². The van der Waals surface area contributed by atoms with Crippen molar-refractivity contribution in [3.8, 4) is 5.75 Å². The molecule has 0 aliphatic rings. The van der Waals surface area contributed by atoms with E-state index < -0.39 is 5.97 Å². The molecule has 1 aromatic heterocycles. The molecular weight excluding hydrogens is 394 g/mol. The summed E-state index contributed by atoms with van der Waals surface area (Å²) < 4.78 is 11.6. The number of ether oxygens (including phenoxy) is 2. The zero-order valence-electron chi connectivity index (χ0n) is 18.2. The molecule has 7 heteroatoms. The number of hydrogen-bond donors (Lipinski definition) is 1. The fourth-order valence-corrected chi connectivity index (χ4v) is 2.96. The van der Waals surface area contributed by atoms with Crippen molar-refractivity contribution >= 4 is 17.7 Å². The molecular formula is C24H27N3O4. The minimum absolute atomic E-state index is 0.0957. The van der Waals surface area contributed by atoms with E-state index in [0.29, 0.717) is 23.7 Å². The van der Waals surface area contributed by atoms with Crippen LogP contribution in [-0.4, -0.2) is 35.4 Å². The van der Waals surface area contributed by atoms with E-state index in [1.54, 1.807) is 41.2 Å². The van der Waals surface area contributed by atoms with Crippen LogP contribution in [0.1, 0.15) is 42.3 Å². The van der Waals surface area contributed by atoms with Crippen LogP contribution in [0.4, 0.5) is 5.82 Å². The van der Waals surface area contributed by atoms with Crippen molar-refractivity contribution in [3.63, 3.8) is 0 Å². The molecule has 3 aromatic rings. The van der Waals surface area contributed by atoms with Crippen molar-refractivity contribution in [3.05, 3.63) is 77.5 Å². The van der Waals surface area contributed by atoms with Crippen LogP contribution in [0.15, 0.2) is 60.8 Å². The van der Waals surface area contributed by atoms with Gasteiger partial charge in [-0.1, -0.05) is 51.1 Å². The lowest BCUT2D eigenvalue weighted by Crippen LogP contribution is -2.17. The largest absolute Gasteiger partial charge is 0.482 e. The van der Waals surface area contributed by atoms with E-state index in [2.05, 4.69) is 60.2 Å². The van der Waals surface area contributed by atoms with Crippen LogP contribution in [0, 0.1) is 0 Å². The number of amides is 1. The molecule has 1 heterocycles. The van der Waals surface area contributed by atoms with E-state index >= 15 is 0 Å². The average molecular weight is 421 g/mol. The Labute approximate surface area is 182 Å². The minimum Gasteiger partial charge on any atom is -0.482 e. The molecule has 3 rings (SSSR count). The molecule has 0 unspecified atom stereocenters. The maximum Gasteiger partial charge on any atom is 0.343 e. The van der Waals surface area contributed by atoms with Crippen LogP contribution in [-0.2, 0) is 21.5 Å². The van der Waals surface area contributed by atoms with Gasteiger partial charge < -0.3 is 14.8 Å². The number of carbonyl (C=O) groups is 2. The first-order valence-electron chi connectivity index (χ1n) is 9.98. The van der Waals surface area contributed by atoms with Gasteiger partial charge in [0.15, 0.2) is 6.61 Å². The van der Waals surface area contributed by atoms with Crippen molar-refractivity contribution in [2.75, 3.05) is 19.0 Å². The first-order valence-corrected chi connectivity index (χ1v) is 9.98. The molecule has 1 N–H and O–H groups in total. The maximum atomic E-state index is 12.7. The van der Waals surface area contributed by atoms with Crippen LogP contribution >= 0.6 is 0 Å². The molecule has 7 nitrogen and oxygen atoms in total. The van der Waals surface area contributed by atoms with E-state index in [1.807, 2.05) is 0 Å². The van der Waals surface area contributed by atoms with Gasteiger partial charge in [-0.25, -0.2) is 9.48 Å². The second-order valence-corrected chi connectivity index (χ2v) is 8.17. The highest BCUT2D eigenvalue weighted by molar-refractivity contribution is 6.04. The molecule has 0 saturated carbocycles. The minimum atomic E-state index is -0.491. The van der Waals surface area contributed by atoms with Crippen LogP contribution in [0.2, 0.25) is 0 Å². The van der Waals surface area contributed by atoms with Crippen LogP contribution < -0.4 is 10.1 Å². The van der Waals surface area contributed by atoms with E-state index in [4.69, 9.17) is 4.74 Å². The summed E-state index contributed by atoms with van der Waals surface area (Å²) in [5, 5.41) is 7.21. The van der Waals surface area contributed by atoms with Gasteiger partial charge in [0.1, 0.15) is 11.6 Å². The summed E-state index contributed by atoms with van der Waals surface area (Å²) in [5.74, 6) is 0.207. The topological polar surface area (TPSA) is 82.4 Å². The molecule has 2 aromatic carbocycles. The first kappa shape index (κ1) is 22.1. The lowest BCUT2D eigenvalue weighted by molar-refractivity contribution is -0.142. The number of nitrogens with one attached hydrogen (secondary N) is 1. The summed E-state index contributed by atoms with van der Waals surface area (Å²) in [5.41, 5.74) is 2.85. The van der Waals surface area contributed by atoms with Crippen molar-refractivity contribution in [1.29, 1.82) is 0 Å². The van der Waals surface area contributed by atoms with Crippen LogP contribution in [0.3, 0.4) is 0 Å². The normalized spacial score (nSPS) is 11.1. The summed E-state index contributed by atoms with van der Waals surface area (Å²) in [4.78, 5) is 24.0. The number of nitrogens with zero attached hydrogens (tertiary/aromatic N) is 2. The summed E-state index contributed by atoms with van der Waals surface area (Å²) in [6.07, 6.45) is 1.65. The SMILES string of the molecule is COC(=O)COc1cccc(C(=O)Nc2ccnn2Cc2ccc(C(C)(C)C)cc2)c1. The number of aromatic nitrogens is 2. The molecule has 1 amide bonds. The third-order valence-electron chi connectivity index (χ3n) is 4.79. The highest BCUT2D eigenvalue weighted by Gasteiger charge is 2.14. The van der Waals surface area contributed by atoms with Gasteiger partial charge in [-0.15, -0.1) is 0 Å². The molecule has 0 radical (unpaired) electrons. The quantitative estimate of drug-likeness (QED) is 0.583. The third-order valence-corrected chi connectivity index (χ3v) is 4.79. The molecule has 162 valence electrons. The molecule has 0 aliphatic heterocycles. The standard InChI is InChI=1S/C24H27N3O4/c1-24(2,3)19-10-8-17(9-11-19)15-27-21(12-13-25-27)26-23(29)18-6-5-7-20(14-18)31-16-22(28)30-4/h5-14H,15-16H2,1-4H3,(H,26,29). The summed E-state index contributed by atoms with van der Waals surface area (Å²) in [6, 6.07) is 16.8. The predicted molar refractivity (Wildman–Crippen MR) is 118 cm³/mol. The maximum absolute atomic E-state index is 12.7. The monoisotopic (exact) mass is 421 g/mol. The Balaban J connectivity index is 1.67. The van der Waals surface area contributed by atoms with E-state index in [9.17, 15) is 9.59 Å². The predicted octanol–water partition coefficient (Wildman–Crippen LogP) is 4.03. The number of methoxy groups -OCH3 is 1. The molecule has 0 aliphatic carbocycles. The van der Waals surface area contributed by atoms with E-state index in [1.165, 1.54) is 12.7 Å². The van der Waals surface area contributed by atoms with Gasteiger partial charge in [-0.05, 0) is 34.7 Å². The van der Waals surface area contributed by atoms with Crippen LogP contribution in [0.25, 0.3) is 0 Å². The summed E-state index contributed by atoms with van der Waals surface area (Å²) in [6.45, 7) is 6.85. The Morgan fingerprint density at radius 2 is 1.81 bits per heavy atom. The van der Waals surface area contributed by atoms with Crippen molar-refractivity contribution in [2.24, 2.45) is 0 Å². The first-order chi connectivity index (χ1) is 14.8. The van der Waals surface area contributed by atoms with Gasteiger partial charge in [0, 0.05) is 11.6 Å². The lowest BCUT2D eigenvalue weighted by atomic mass is 9.87. The fraction of sp³-hybridized carbons (Fsp3) is 0.292. The number of hydrogen-bond acceptors (Lipinski definition) is 5. The fourth-order valence-electron chi connectivity index (χ4n) is 2.96. The molecule has 0 saturated heterocycles. The van der Waals surface area contributed by atoms with Crippen molar-refractivity contribution < 1.29 is 19.1 Å². The number of carbonyl (C=O) groups excluding carboxylic acids is 2. The van der Waals surface area contributed by atoms with Crippen LogP contribution in [0.5, 0.6) is 5.75 Å². The molecule has 0 fully saturated rings. The van der Waals surface area contributed by atoms with Gasteiger partial charge in [-0.2, -0.15) is 5.10 Å². The van der Waals surface area contributed by atoms with E-state index in [0.717, 1.165) is 5.56 Å². The number of anilines is 1. The Morgan fingerprint density at radius 3 is 2.48 bits per heavy atom. The smallest absolute Gasteiger partial charge is 0.343 e. The second kappa shape index (κ2) is 9.47. The molecule has 0 spiro atoms. The Kier molecular flexibility index (Phi) is 6.74. The van der Waals surface area contributed by atoms with Gasteiger partial charge in [0.05, 0.1) is 19.9 Å². The van der Waals surface area contributed by atoms with Gasteiger partial charge >= 0.3 is 5.97 Å². The van der Waals surface area contributed by atoms with Gasteiger partial charge in [0.25, 0.3) is 5.91 Å². The lowest BCUT2D eigenvalue weighted by Gasteiger charge is -2.19. The molecule has 0 bridgehead atoms. The second-order valence-electron chi connectivity index (χ2n) is 8.17. The Morgan fingerprint density at radius 1 is 1.06 bits per heavy atom. The summed E-state index contributed by atoms with van der Waals surface area (Å²) in [7, 11) is 1.29. The average Bonchev–Trinajstić information content (AvgIpc) is 3.18. The zero-order valence-corrected chi connectivity index (χ0v) is 18.2. The Bertz CT molecular complexity index is 1050. The highest BCUT2D eigenvalue weighted by atomic mass is 16.6. The zero-order chi connectivity index (χ0) is 22.4. The number of esters is 1. The van der Waals surface area contributed by atoms with Gasteiger partial charge in [0.2, 0.25) is 0 Å². The van der Waals surface area contributed by atoms with Crippen molar-refractivity contribution in [2.45, 2.75) is 32.7 Å². The third kappa shape index (κ3) is 5.94. The number of rotatable bonds is 7. The molecule has 31 heavy (non-hydrogen) atoms. The number of benzene rings is 2. The highest BCUT2D eigenvalue weighted by Crippen LogP contribution is 2.23. The molecule has 0 atom stereocenters. The van der Waals surface area contributed by atoms with E-state index in [-0.39, 0.29) is 17.9 Å². The van der Waals surface area contributed by atoms with Gasteiger partial charge in [-0.3, -0.25) is 4.79 Å². The Hall–Kier alpha value is -3.61. The summed E-state index contributed by atoms with van der Waals surface area (Å²) >= 11 is 0.